The van der Waals surface area contributed by atoms with Crippen molar-refractivity contribution in [3.63, 3.8) is 0 Å². The Kier molecular flexibility index (Phi) is 4.04. The van der Waals surface area contributed by atoms with Gasteiger partial charge in [-0.1, -0.05) is 17.7 Å². The Morgan fingerprint density at radius 3 is 2.78 bits per heavy atom. The Balaban J connectivity index is 1.81. The molecule has 1 heterocycles. The van der Waals surface area contributed by atoms with Crippen molar-refractivity contribution in [2.24, 2.45) is 5.73 Å². The summed E-state index contributed by atoms with van der Waals surface area (Å²) in [5.74, 6) is -0.177. The van der Waals surface area contributed by atoms with Gasteiger partial charge < -0.3 is 15.8 Å². The molecule has 2 amide bonds. The minimum absolute atomic E-state index is 0.163. The average molecular weight is 329 g/mol. The predicted octanol–water partition coefficient (Wildman–Crippen LogP) is 2.85. The highest BCUT2D eigenvalue weighted by Gasteiger charge is 2.18. The number of nitrogens with two attached hydrogens (primary N) is 1. The van der Waals surface area contributed by atoms with Crippen LogP contribution in [0.3, 0.4) is 0 Å². The van der Waals surface area contributed by atoms with Crippen molar-refractivity contribution in [3.05, 3.63) is 64.2 Å². The van der Waals surface area contributed by atoms with Gasteiger partial charge in [-0.3, -0.25) is 9.59 Å². The molecule has 0 atom stereocenters. The molecule has 0 saturated heterocycles. The van der Waals surface area contributed by atoms with E-state index in [-0.39, 0.29) is 12.5 Å². The van der Waals surface area contributed by atoms with Crippen molar-refractivity contribution >= 4 is 35.2 Å². The number of ether oxygens (including phenoxy) is 1. The topological polar surface area (TPSA) is 81.4 Å². The number of anilines is 1. The number of carbonyl (C=O) groups excluding carboxylic acids is 2. The van der Waals surface area contributed by atoms with Crippen LogP contribution in [0.15, 0.2) is 48.0 Å². The lowest BCUT2D eigenvalue weighted by molar-refractivity contribution is -0.113. The molecule has 0 radical (unpaired) electrons. The van der Waals surface area contributed by atoms with E-state index in [1.165, 1.54) is 6.07 Å². The molecular weight excluding hydrogens is 316 g/mol. The zero-order valence-corrected chi connectivity index (χ0v) is 12.8. The zero-order chi connectivity index (χ0) is 16.4. The van der Waals surface area contributed by atoms with Gasteiger partial charge in [0.25, 0.3) is 5.91 Å². The maximum Gasteiger partial charge on any atom is 0.255 e. The highest BCUT2D eigenvalue weighted by molar-refractivity contribution is 6.30. The standard InChI is InChI=1S/C17H13ClN2O3/c18-13-4-5-15-11(7-13)6-12(9-23-15)17(22)20-14-3-1-2-10(8-14)16(19)21/h1-8H,9H2,(H2,19,21)(H,20,22). The summed E-state index contributed by atoms with van der Waals surface area (Å²) >= 11 is 5.95. The van der Waals surface area contributed by atoms with E-state index in [0.29, 0.717) is 27.6 Å². The molecule has 0 unspecified atom stereocenters. The minimum Gasteiger partial charge on any atom is -0.488 e. The third-order valence-corrected chi connectivity index (χ3v) is 3.62. The van der Waals surface area contributed by atoms with Crippen LogP contribution in [0.1, 0.15) is 15.9 Å². The number of nitrogens with one attached hydrogen (secondary N) is 1. The molecule has 0 spiro atoms. The Labute approximate surface area is 137 Å². The van der Waals surface area contributed by atoms with Crippen molar-refractivity contribution in [3.8, 4) is 5.75 Å². The third-order valence-electron chi connectivity index (χ3n) is 3.38. The molecule has 1 aliphatic rings. The number of benzene rings is 2. The summed E-state index contributed by atoms with van der Waals surface area (Å²) < 4.78 is 5.55. The number of amides is 2. The molecule has 2 aromatic carbocycles. The summed E-state index contributed by atoms with van der Waals surface area (Å²) in [4.78, 5) is 23.5. The molecule has 0 aromatic heterocycles. The Bertz CT molecular complexity index is 830. The molecule has 2 aromatic rings. The van der Waals surface area contributed by atoms with Gasteiger partial charge in [-0.25, -0.2) is 0 Å². The average Bonchev–Trinajstić information content (AvgIpc) is 2.54. The van der Waals surface area contributed by atoms with E-state index in [0.717, 1.165) is 5.56 Å². The quantitative estimate of drug-likeness (QED) is 0.909. The number of halogens is 1. The van der Waals surface area contributed by atoms with Gasteiger partial charge in [-0.2, -0.15) is 0 Å². The van der Waals surface area contributed by atoms with Gasteiger partial charge in [0.15, 0.2) is 0 Å². The minimum atomic E-state index is -0.551. The summed E-state index contributed by atoms with van der Waals surface area (Å²) in [6.45, 7) is 0.163. The molecule has 6 heteroatoms. The lowest BCUT2D eigenvalue weighted by atomic mass is 10.1. The summed E-state index contributed by atoms with van der Waals surface area (Å²) in [5, 5.41) is 3.29. The Morgan fingerprint density at radius 2 is 2.00 bits per heavy atom. The van der Waals surface area contributed by atoms with Crippen LogP contribution >= 0.6 is 11.6 Å². The Morgan fingerprint density at radius 1 is 1.17 bits per heavy atom. The number of primary amides is 1. The van der Waals surface area contributed by atoms with Crippen molar-refractivity contribution in [2.75, 3.05) is 11.9 Å². The first-order valence-electron chi connectivity index (χ1n) is 6.87. The van der Waals surface area contributed by atoms with Crippen molar-refractivity contribution in [2.45, 2.75) is 0 Å². The second-order valence-corrected chi connectivity index (χ2v) is 5.48. The van der Waals surface area contributed by atoms with Gasteiger partial charge in [0.05, 0.1) is 5.57 Å². The van der Waals surface area contributed by atoms with Crippen molar-refractivity contribution in [1.29, 1.82) is 0 Å². The largest absolute Gasteiger partial charge is 0.488 e. The first-order valence-corrected chi connectivity index (χ1v) is 7.25. The van der Waals surface area contributed by atoms with Crippen LogP contribution in [0.2, 0.25) is 5.02 Å². The fraction of sp³-hybridized carbons (Fsp3) is 0.0588. The smallest absolute Gasteiger partial charge is 0.255 e. The van der Waals surface area contributed by atoms with E-state index in [9.17, 15) is 9.59 Å². The fourth-order valence-electron chi connectivity index (χ4n) is 2.24. The number of rotatable bonds is 3. The summed E-state index contributed by atoms with van der Waals surface area (Å²) in [5.41, 5.74) is 7.26. The molecule has 0 aliphatic carbocycles. The van der Waals surface area contributed by atoms with Crippen molar-refractivity contribution in [1.82, 2.24) is 0 Å². The summed E-state index contributed by atoms with van der Waals surface area (Å²) in [6.07, 6.45) is 1.73. The molecule has 0 fully saturated rings. The lowest BCUT2D eigenvalue weighted by Gasteiger charge is -2.18. The monoisotopic (exact) mass is 328 g/mol. The van der Waals surface area contributed by atoms with Crippen LogP contribution in [0.5, 0.6) is 5.75 Å². The van der Waals surface area contributed by atoms with E-state index in [2.05, 4.69) is 5.32 Å². The molecule has 3 N–H and O–H groups in total. The number of hydrogen-bond donors (Lipinski definition) is 2. The van der Waals surface area contributed by atoms with E-state index in [4.69, 9.17) is 22.1 Å². The maximum atomic E-state index is 12.3. The normalized spacial score (nSPS) is 12.7. The second-order valence-electron chi connectivity index (χ2n) is 5.04. The molecule has 3 rings (SSSR count). The van der Waals surface area contributed by atoms with Crippen LogP contribution in [-0.2, 0) is 4.79 Å². The number of carbonyl (C=O) groups is 2. The lowest BCUT2D eigenvalue weighted by Crippen LogP contribution is -2.21. The van der Waals surface area contributed by atoms with E-state index < -0.39 is 5.91 Å². The Hall–Kier alpha value is -2.79. The van der Waals surface area contributed by atoms with Crippen LogP contribution < -0.4 is 15.8 Å². The maximum absolute atomic E-state index is 12.3. The summed E-state index contributed by atoms with van der Waals surface area (Å²) in [6, 6.07) is 11.7. The SMILES string of the molecule is NC(=O)c1cccc(NC(=O)C2=Cc3cc(Cl)ccc3OC2)c1. The first-order chi connectivity index (χ1) is 11.0. The first kappa shape index (κ1) is 15.1. The second kappa shape index (κ2) is 6.14. The van der Waals surface area contributed by atoms with Gasteiger partial charge in [0.2, 0.25) is 5.91 Å². The molecule has 0 bridgehead atoms. The van der Waals surface area contributed by atoms with E-state index >= 15 is 0 Å². The van der Waals surface area contributed by atoms with Crippen LogP contribution in [0, 0.1) is 0 Å². The van der Waals surface area contributed by atoms with Gasteiger partial charge in [0.1, 0.15) is 12.4 Å². The number of hydrogen-bond acceptors (Lipinski definition) is 3. The van der Waals surface area contributed by atoms with E-state index in [1.807, 2.05) is 0 Å². The highest BCUT2D eigenvalue weighted by Crippen LogP contribution is 2.29. The van der Waals surface area contributed by atoms with Crippen molar-refractivity contribution < 1.29 is 14.3 Å². The third kappa shape index (κ3) is 3.35. The molecule has 5 nitrogen and oxygen atoms in total. The van der Waals surface area contributed by atoms with E-state index in [1.54, 1.807) is 42.5 Å². The molecule has 23 heavy (non-hydrogen) atoms. The fourth-order valence-corrected chi connectivity index (χ4v) is 2.42. The van der Waals surface area contributed by atoms with Gasteiger partial charge >= 0.3 is 0 Å². The highest BCUT2D eigenvalue weighted by atomic mass is 35.5. The molecule has 0 saturated carbocycles. The van der Waals surface area contributed by atoms with Crippen LogP contribution in [0.4, 0.5) is 5.69 Å². The van der Waals surface area contributed by atoms with Gasteiger partial charge in [0, 0.05) is 21.8 Å². The number of fused-ring (bicyclic) bond motifs is 1. The predicted molar refractivity (Wildman–Crippen MR) is 88.5 cm³/mol. The van der Waals surface area contributed by atoms with Crippen LogP contribution in [-0.4, -0.2) is 18.4 Å². The molecule has 1 aliphatic heterocycles. The summed E-state index contributed by atoms with van der Waals surface area (Å²) in [7, 11) is 0. The van der Waals surface area contributed by atoms with Gasteiger partial charge in [-0.15, -0.1) is 0 Å². The zero-order valence-electron chi connectivity index (χ0n) is 12.0. The molecular formula is C17H13ClN2O3. The van der Waals surface area contributed by atoms with Crippen LogP contribution in [0.25, 0.3) is 6.08 Å². The molecule has 116 valence electrons. The van der Waals surface area contributed by atoms with Gasteiger partial charge in [-0.05, 0) is 42.5 Å².